The first-order chi connectivity index (χ1) is 18.9. The van der Waals surface area contributed by atoms with Crippen molar-refractivity contribution in [3.63, 3.8) is 0 Å². The number of aromatic amines is 1. The molecule has 1 unspecified atom stereocenters. The Bertz CT molecular complexity index is 1240. The zero-order valence-electron chi connectivity index (χ0n) is 23.0. The van der Waals surface area contributed by atoms with Gasteiger partial charge in [0.25, 0.3) is 0 Å². The predicted octanol–water partition coefficient (Wildman–Crippen LogP) is 3.87. The summed E-state index contributed by atoms with van der Waals surface area (Å²) in [6, 6.07) is 10.2. The number of para-hydroxylation sites is 1. The predicted molar refractivity (Wildman–Crippen MR) is 152 cm³/mol. The van der Waals surface area contributed by atoms with Crippen molar-refractivity contribution in [2.45, 2.75) is 76.3 Å². The van der Waals surface area contributed by atoms with Gasteiger partial charge in [0.2, 0.25) is 5.91 Å². The highest BCUT2D eigenvalue weighted by atomic mass is 16.4. The number of H-pyrrole nitrogens is 1. The van der Waals surface area contributed by atoms with Crippen LogP contribution in [0.25, 0.3) is 6.08 Å². The van der Waals surface area contributed by atoms with Gasteiger partial charge >= 0.3 is 11.7 Å². The van der Waals surface area contributed by atoms with E-state index < -0.39 is 11.5 Å². The first-order valence-corrected chi connectivity index (χ1v) is 14.4. The van der Waals surface area contributed by atoms with Crippen LogP contribution in [0, 0.1) is 0 Å². The van der Waals surface area contributed by atoms with Gasteiger partial charge < -0.3 is 24.8 Å². The zero-order valence-corrected chi connectivity index (χ0v) is 23.0. The lowest BCUT2D eigenvalue weighted by Gasteiger charge is -2.43. The number of carboxylic acids is 1. The number of aliphatic carboxylic acids is 1. The Balaban J connectivity index is 1.19. The van der Waals surface area contributed by atoms with Gasteiger partial charge in [-0.05, 0) is 63.3 Å². The molecular formula is C30H41N5O4. The maximum absolute atomic E-state index is 13.8. The number of nitrogens with zero attached hydrogens (tertiary/aromatic N) is 4. The molecular weight excluding hydrogens is 494 g/mol. The van der Waals surface area contributed by atoms with Gasteiger partial charge in [-0.15, -0.1) is 0 Å². The second kappa shape index (κ2) is 11.8. The summed E-state index contributed by atoms with van der Waals surface area (Å²) in [5, 5.41) is 8.89. The van der Waals surface area contributed by atoms with Crippen LogP contribution in [0.1, 0.15) is 75.6 Å². The van der Waals surface area contributed by atoms with E-state index in [2.05, 4.69) is 46.0 Å². The quantitative estimate of drug-likeness (QED) is 0.424. The Morgan fingerprint density at radius 3 is 2.54 bits per heavy atom. The van der Waals surface area contributed by atoms with Crippen molar-refractivity contribution in [2.24, 2.45) is 0 Å². The van der Waals surface area contributed by atoms with E-state index in [1.165, 1.54) is 0 Å². The molecule has 2 N–H and O–H groups in total. The highest BCUT2D eigenvalue weighted by molar-refractivity contribution is 5.93. The second-order valence-corrected chi connectivity index (χ2v) is 11.3. The molecule has 0 bridgehead atoms. The largest absolute Gasteiger partial charge is 0.481 e. The lowest BCUT2D eigenvalue weighted by molar-refractivity contribution is -0.137. The number of fused-ring (bicyclic) bond motifs is 1. The number of amides is 1. The monoisotopic (exact) mass is 535 g/mol. The minimum atomic E-state index is -0.765. The van der Waals surface area contributed by atoms with Gasteiger partial charge in [0, 0.05) is 49.9 Å². The molecule has 3 heterocycles. The van der Waals surface area contributed by atoms with Gasteiger partial charge in [0.15, 0.2) is 0 Å². The first kappa shape index (κ1) is 27.2. The lowest BCUT2D eigenvalue weighted by Crippen LogP contribution is -2.56. The van der Waals surface area contributed by atoms with E-state index in [9.17, 15) is 14.4 Å². The topological polar surface area (TPSA) is 102 Å². The molecule has 1 aliphatic carbocycles. The van der Waals surface area contributed by atoms with E-state index in [1.807, 2.05) is 27.7 Å². The van der Waals surface area contributed by atoms with E-state index in [1.54, 1.807) is 0 Å². The summed E-state index contributed by atoms with van der Waals surface area (Å²) in [4.78, 5) is 47.0. The molecule has 1 atom stereocenters. The molecule has 0 radical (unpaired) electrons. The average Bonchev–Trinajstić information content (AvgIpc) is 3.40. The Kier molecular flexibility index (Phi) is 8.26. The van der Waals surface area contributed by atoms with Crippen LogP contribution >= 0.6 is 0 Å². The third-order valence-electron chi connectivity index (χ3n) is 8.75. The second-order valence-electron chi connectivity index (χ2n) is 11.3. The van der Waals surface area contributed by atoms with Crippen LogP contribution in [-0.4, -0.2) is 74.7 Å². The standard InChI is InChI=1S/C30H41N5O4/c1-23-10-8-13-25-27(23)31-29(39)34(25)19-9-17-32-20-15-30(16-21-32)28(38)33(18-7-3-6-14-26(36)37)22-35(30)24-11-4-2-5-12-24/h2,4-5,8,11-13,23H,3,6-7,9-10,14-22H2,1H3,(H,31,39)(H,36,37). The van der Waals surface area contributed by atoms with Gasteiger partial charge in [-0.2, -0.15) is 0 Å². The number of aromatic nitrogens is 2. The maximum atomic E-state index is 13.8. The number of rotatable bonds is 11. The minimum Gasteiger partial charge on any atom is -0.481 e. The molecule has 5 rings (SSSR count). The molecule has 2 aliphatic heterocycles. The summed E-state index contributed by atoms with van der Waals surface area (Å²) in [6.07, 6.45) is 10.1. The van der Waals surface area contributed by atoms with E-state index in [-0.39, 0.29) is 18.0 Å². The van der Waals surface area contributed by atoms with Crippen LogP contribution in [0.15, 0.2) is 41.2 Å². The van der Waals surface area contributed by atoms with Crippen molar-refractivity contribution in [3.05, 3.63) is 58.3 Å². The minimum absolute atomic E-state index is 0.0193. The number of benzene rings is 1. The fourth-order valence-corrected chi connectivity index (χ4v) is 6.51. The van der Waals surface area contributed by atoms with Crippen molar-refractivity contribution >= 4 is 23.6 Å². The summed E-state index contributed by atoms with van der Waals surface area (Å²) >= 11 is 0. The molecule has 2 fully saturated rings. The van der Waals surface area contributed by atoms with Crippen LogP contribution in [0.2, 0.25) is 0 Å². The summed E-state index contributed by atoms with van der Waals surface area (Å²) < 4.78 is 1.87. The lowest BCUT2D eigenvalue weighted by atomic mass is 9.85. The molecule has 1 amide bonds. The molecule has 9 nitrogen and oxygen atoms in total. The fourth-order valence-electron chi connectivity index (χ4n) is 6.51. The van der Waals surface area contributed by atoms with Crippen LogP contribution in [0.4, 0.5) is 5.69 Å². The van der Waals surface area contributed by atoms with E-state index >= 15 is 0 Å². The van der Waals surface area contributed by atoms with Crippen LogP contribution in [-0.2, 0) is 16.1 Å². The Morgan fingerprint density at radius 1 is 1.03 bits per heavy atom. The van der Waals surface area contributed by atoms with E-state index in [0.717, 1.165) is 75.2 Å². The number of piperidine rings is 1. The third kappa shape index (κ3) is 5.69. The molecule has 2 aromatic rings. The summed E-state index contributed by atoms with van der Waals surface area (Å²) in [5.41, 5.74) is 2.60. The van der Waals surface area contributed by atoms with Crippen molar-refractivity contribution in [1.29, 1.82) is 0 Å². The number of imidazole rings is 1. The van der Waals surface area contributed by atoms with Crippen molar-refractivity contribution in [1.82, 2.24) is 19.4 Å². The number of allylic oxidation sites excluding steroid dienone is 1. The number of carbonyl (C=O) groups is 2. The van der Waals surface area contributed by atoms with Crippen LogP contribution in [0.5, 0.6) is 0 Å². The fraction of sp³-hybridized carbons (Fsp3) is 0.567. The number of carboxylic acid groups (broad SMARTS) is 1. The number of likely N-dealkylation sites (tertiary alicyclic amines) is 1. The summed E-state index contributed by atoms with van der Waals surface area (Å²) in [7, 11) is 0. The number of hydrogen-bond acceptors (Lipinski definition) is 5. The van der Waals surface area contributed by atoms with Crippen LogP contribution < -0.4 is 10.6 Å². The van der Waals surface area contributed by atoms with Crippen molar-refractivity contribution < 1.29 is 14.7 Å². The number of unbranched alkanes of at least 4 members (excludes halogenated alkanes) is 2. The van der Waals surface area contributed by atoms with Gasteiger partial charge in [-0.25, -0.2) is 4.79 Å². The van der Waals surface area contributed by atoms with Gasteiger partial charge in [0.05, 0.1) is 12.4 Å². The highest BCUT2D eigenvalue weighted by Gasteiger charge is 2.53. The molecule has 9 heteroatoms. The molecule has 1 aromatic carbocycles. The average molecular weight is 536 g/mol. The normalized spacial score (nSPS) is 20.6. The molecule has 1 aromatic heterocycles. The molecule has 39 heavy (non-hydrogen) atoms. The van der Waals surface area contributed by atoms with Crippen LogP contribution in [0.3, 0.4) is 0 Å². The van der Waals surface area contributed by atoms with E-state index in [4.69, 9.17) is 5.11 Å². The molecule has 1 spiro atoms. The summed E-state index contributed by atoms with van der Waals surface area (Å²) in [6.45, 7) is 6.67. The molecule has 210 valence electrons. The number of nitrogens with one attached hydrogen (secondary N) is 1. The third-order valence-corrected chi connectivity index (χ3v) is 8.75. The number of anilines is 1. The molecule has 3 aliphatic rings. The molecule has 0 saturated carbocycles. The Labute approximate surface area is 230 Å². The van der Waals surface area contributed by atoms with Crippen molar-refractivity contribution in [3.8, 4) is 0 Å². The first-order valence-electron chi connectivity index (χ1n) is 14.4. The number of carbonyl (C=O) groups excluding carboxylic acids is 1. The Morgan fingerprint density at radius 2 is 1.79 bits per heavy atom. The zero-order chi connectivity index (χ0) is 27.4. The van der Waals surface area contributed by atoms with Gasteiger partial charge in [-0.3, -0.25) is 14.2 Å². The van der Waals surface area contributed by atoms with Gasteiger partial charge in [-0.1, -0.05) is 37.6 Å². The number of hydrogen-bond donors (Lipinski definition) is 2. The maximum Gasteiger partial charge on any atom is 0.326 e. The smallest absolute Gasteiger partial charge is 0.326 e. The SMILES string of the molecule is CC1CC=Cc2c1[nH]c(=O)n2CCCN1CCC2(CC1)C(=O)N(CCCCCC(=O)O)CN2c1ccccc1. The summed E-state index contributed by atoms with van der Waals surface area (Å²) in [5.74, 6) is -0.215. The van der Waals surface area contributed by atoms with Gasteiger partial charge in [0.1, 0.15) is 5.54 Å². The Hall–Kier alpha value is -3.33. The highest BCUT2D eigenvalue weighted by Crippen LogP contribution is 2.39. The molecule has 2 saturated heterocycles. The van der Waals surface area contributed by atoms with Crippen molar-refractivity contribution in [2.75, 3.05) is 37.7 Å². The van der Waals surface area contributed by atoms with E-state index in [0.29, 0.717) is 32.1 Å².